The van der Waals surface area contributed by atoms with Gasteiger partial charge in [-0.05, 0) is 50.1 Å². The number of para-hydroxylation sites is 1. The molecule has 6 rings (SSSR count). The fourth-order valence-electron chi connectivity index (χ4n) is 6.16. The van der Waals surface area contributed by atoms with Crippen LogP contribution in [0, 0.1) is 0 Å². The van der Waals surface area contributed by atoms with Gasteiger partial charge in [-0.25, -0.2) is 4.79 Å². The number of amides is 2. The summed E-state index contributed by atoms with van der Waals surface area (Å²) in [6.07, 6.45) is 0.513. The summed E-state index contributed by atoms with van der Waals surface area (Å²) in [5, 5.41) is 1.12. The Balaban J connectivity index is 1.24. The lowest BCUT2D eigenvalue weighted by molar-refractivity contribution is -0.157. The number of carbonyl (C=O) groups excluding carboxylic acids is 3. The molecule has 9 heteroatoms. The van der Waals surface area contributed by atoms with Crippen LogP contribution in [0.3, 0.4) is 0 Å². The average molecular weight is 559 g/mol. The van der Waals surface area contributed by atoms with E-state index in [2.05, 4.69) is 21.6 Å². The molecule has 9 nitrogen and oxygen atoms in total. The Morgan fingerprint density at radius 1 is 0.976 bits per heavy atom. The predicted molar refractivity (Wildman–Crippen MR) is 155 cm³/mol. The summed E-state index contributed by atoms with van der Waals surface area (Å²) < 4.78 is 13.2. The minimum atomic E-state index is -0.552. The van der Waals surface area contributed by atoms with Gasteiger partial charge >= 0.3 is 5.97 Å². The molecule has 2 aromatic carbocycles. The van der Waals surface area contributed by atoms with E-state index < -0.39 is 11.6 Å². The van der Waals surface area contributed by atoms with Gasteiger partial charge in [0.1, 0.15) is 11.6 Å². The van der Waals surface area contributed by atoms with Gasteiger partial charge in [-0.15, -0.1) is 0 Å². The van der Waals surface area contributed by atoms with E-state index in [-0.39, 0.29) is 24.3 Å². The van der Waals surface area contributed by atoms with Crippen LogP contribution in [0.1, 0.15) is 48.0 Å². The van der Waals surface area contributed by atoms with Crippen molar-refractivity contribution in [3.05, 3.63) is 70.9 Å². The van der Waals surface area contributed by atoms with Crippen molar-refractivity contribution in [1.82, 2.24) is 19.3 Å². The number of piperazine rings is 1. The van der Waals surface area contributed by atoms with E-state index in [4.69, 9.17) is 9.47 Å². The molecule has 3 aromatic rings. The number of fused-ring (bicyclic) bond motifs is 4. The Hall–Kier alpha value is -3.69. The van der Waals surface area contributed by atoms with E-state index in [0.717, 1.165) is 47.4 Å². The van der Waals surface area contributed by atoms with E-state index in [9.17, 15) is 14.4 Å². The third kappa shape index (κ3) is 5.61. The molecule has 1 aromatic heterocycles. The number of hydrogen-bond donors (Lipinski definition) is 0. The summed E-state index contributed by atoms with van der Waals surface area (Å²) in [5.74, 6) is -0.301. The van der Waals surface area contributed by atoms with Crippen LogP contribution in [-0.2, 0) is 38.6 Å². The number of esters is 1. The fraction of sp³-hybridized carbons (Fsp3) is 0.469. The zero-order chi connectivity index (χ0) is 28.7. The van der Waals surface area contributed by atoms with Crippen molar-refractivity contribution in [2.45, 2.75) is 51.9 Å². The Kier molecular flexibility index (Phi) is 7.34. The molecule has 0 saturated carbocycles. The van der Waals surface area contributed by atoms with E-state index >= 15 is 0 Å². The number of aromatic nitrogens is 1. The van der Waals surface area contributed by atoms with Gasteiger partial charge in [-0.2, -0.15) is 0 Å². The Morgan fingerprint density at radius 3 is 2.44 bits per heavy atom. The van der Waals surface area contributed by atoms with E-state index in [1.54, 1.807) is 21.9 Å². The molecule has 1 atom stereocenters. The molecule has 2 amide bonds. The zero-order valence-electron chi connectivity index (χ0n) is 24.1. The van der Waals surface area contributed by atoms with Crippen molar-refractivity contribution in [1.29, 1.82) is 0 Å². The van der Waals surface area contributed by atoms with Crippen LogP contribution in [0.4, 0.5) is 0 Å². The predicted octanol–water partition coefficient (Wildman–Crippen LogP) is 3.07. The summed E-state index contributed by atoms with van der Waals surface area (Å²) in [6, 6.07) is 15.3. The molecule has 0 N–H and O–H groups in total. The van der Waals surface area contributed by atoms with Gasteiger partial charge < -0.3 is 23.8 Å². The normalized spacial score (nSPS) is 19.8. The van der Waals surface area contributed by atoms with Crippen molar-refractivity contribution in [3.63, 3.8) is 0 Å². The second-order valence-electron chi connectivity index (χ2n) is 12.2. The van der Waals surface area contributed by atoms with Crippen LogP contribution >= 0.6 is 0 Å². The summed E-state index contributed by atoms with van der Waals surface area (Å²) >= 11 is 0. The van der Waals surface area contributed by atoms with Gasteiger partial charge in [0.15, 0.2) is 0 Å². The molecule has 0 aliphatic carbocycles. The van der Waals surface area contributed by atoms with Gasteiger partial charge in [0.05, 0.1) is 31.9 Å². The van der Waals surface area contributed by atoms with E-state index in [0.29, 0.717) is 44.8 Å². The lowest BCUT2D eigenvalue weighted by atomic mass is 9.94. The molecule has 2 fully saturated rings. The van der Waals surface area contributed by atoms with Gasteiger partial charge in [-0.1, -0.05) is 30.3 Å². The largest absolute Gasteiger partial charge is 0.456 e. The molecule has 3 aliphatic rings. The summed E-state index contributed by atoms with van der Waals surface area (Å²) in [4.78, 5) is 45.3. The number of carbonyl (C=O) groups is 3. The first-order chi connectivity index (χ1) is 19.7. The average Bonchev–Trinajstić information content (AvgIpc) is 3.26. The number of morpholine rings is 1. The van der Waals surface area contributed by atoms with Crippen LogP contribution in [0.5, 0.6) is 0 Å². The SMILES string of the molecule is CC(C)(C)OC(=O)c1ccc(Cn2c3c(c4ccccc42)CC2C(=O)N(CCN4CCOCC4)CC(=O)N2C3)cc1. The van der Waals surface area contributed by atoms with E-state index in [1.165, 1.54) is 0 Å². The quantitative estimate of drug-likeness (QED) is 0.433. The first-order valence-corrected chi connectivity index (χ1v) is 14.5. The van der Waals surface area contributed by atoms with Crippen LogP contribution in [0.25, 0.3) is 10.9 Å². The van der Waals surface area contributed by atoms with Crippen molar-refractivity contribution < 1.29 is 23.9 Å². The minimum Gasteiger partial charge on any atom is -0.456 e. The molecular weight excluding hydrogens is 520 g/mol. The number of rotatable bonds is 6. The Morgan fingerprint density at radius 2 is 1.71 bits per heavy atom. The molecule has 4 heterocycles. The third-order valence-electron chi connectivity index (χ3n) is 8.25. The second-order valence-corrected chi connectivity index (χ2v) is 12.2. The lowest BCUT2D eigenvalue weighted by Gasteiger charge is -2.43. The number of ether oxygens (including phenoxy) is 2. The summed E-state index contributed by atoms with van der Waals surface area (Å²) in [7, 11) is 0. The van der Waals surface area contributed by atoms with Crippen molar-refractivity contribution in [2.24, 2.45) is 0 Å². The number of benzene rings is 2. The molecule has 1 unspecified atom stereocenters. The summed E-state index contributed by atoms with van der Waals surface area (Å²) in [5.41, 5.74) is 4.30. The Labute approximate surface area is 240 Å². The molecule has 2 saturated heterocycles. The van der Waals surface area contributed by atoms with Crippen LogP contribution in [0.2, 0.25) is 0 Å². The molecule has 41 heavy (non-hydrogen) atoms. The fourth-order valence-corrected chi connectivity index (χ4v) is 6.16. The molecule has 216 valence electrons. The maximum Gasteiger partial charge on any atom is 0.338 e. The molecule has 3 aliphatic heterocycles. The monoisotopic (exact) mass is 558 g/mol. The van der Waals surface area contributed by atoms with Crippen LogP contribution in [-0.4, -0.2) is 94.6 Å². The highest BCUT2D eigenvalue weighted by Crippen LogP contribution is 2.35. The lowest BCUT2D eigenvalue weighted by Crippen LogP contribution is -2.62. The highest BCUT2D eigenvalue weighted by atomic mass is 16.6. The Bertz CT molecular complexity index is 1470. The van der Waals surface area contributed by atoms with E-state index in [1.807, 2.05) is 45.0 Å². The van der Waals surface area contributed by atoms with Crippen molar-refractivity contribution >= 4 is 28.7 Å². The highest BCUT2D eigenvalue weighted by Gasteiger charge is 2.43. The summed E-state index contributed by atoms with van der Waals surface area (Å²) in [6.45, 7) is 11.2. The maximum absolute atomic E-state index is 13.6. The van der Waals surface area contributed by atoms with Gasteiger partial charge in [0.2, 0.25) is 11.8 Å². The first-order valence-electron chi connectivity index (χ1n) is 14.5. The third-order valence-corrected chi connectivity index (χ3v) is 8.25. The smallest absolute Gasteiger partial charge is 0.338 e. The second kappa shape index (κ2) is 10.9. The van der Waals surface area contributed by atoms with Crippen LogP contribution < -0.4 is 0 Å². The van der Waals surface area contributed by atoms with Gasteiger partial charge in [0, 0.05) is 55.7 Å². The molecular formula is C32H38N4O5. The highest BCUT2D eigenvalue weighted by molar-refractivity contribution is 5.97. The van der Waals surface area contributed by atoms with Crippen LogP contribution in [0.15, 0.2) is 48.5 Å². The zero-order valence-corrected chi connectivity index (χ0v) is 24.1. The topological polar surface area (TPSA) is 84.3 Å². The standard InChI is InChI=1S/C32H38N4O5/c1-32(2,3)41-31(39)23-10-8-22(9-11-23)19-35-26-7-5-4-6-24(26)25-18-27-30(38)34(13-12-33-14-16-40-17-15-33)21-29(37)36(27)20-28(25)35/h4-11,27H,12-21H2,1-3H3. The number of nitrogens with zero attached hydrogens (tertiary/aromatic N) is 4. The van der Waals surface area contributed by atoms with Crippen molar-refractivity contribution in [3.8, 4) is 0 Å². The van der Waals surface area contributed by atoms with Gasteiger partial charge in [0.25, 0.3) is 0 Å². The van der Waals surface area contributed by atoms with Crippen molar-refractivity contribution in [2.75, 3.05) is 45.9 Å². The maximum atomic E-state index is 13.6. The van der Waals surface area contributed by atoms with Gasteiger partial charge in [-0.3, -0.25) is 14.5 Å². The number of hydrogen-bond acceptors (Lipinski definition) is 6. The molecule has 0 spiro atoms. The molecule has 0 radical (unpaired) electrons. The molecule has 0 bridgehead atoms. The minimum absolute atomic E-state index is 0.000692. The first kappa shape index (κ1) is 27.5.